The molecule has 0 spiro atoms. The van der Waals surface area contributed by atoms with E-state index in [0.717, 1.165) is 0 Å². The van der Waals surface area contributed by atoms with Crippen LogP contribution in [0.2, 0.25) is 0 Å². The average molecular weight is 259 g/mol. The number of carboxylic acid groups (broad SMARTS) is 1. The van der Waals surface area contributed by atoms with E-state index in [1.54, 1.807) is 24.3 Å². The maximum Gasteiger partial charge on any atom is 0.326 e. The zero-order chi connectivity index (χ0) is 13.8. The first-order valence-electron chi connectivity index (χ1n) is 5.70. The first-order chi connectivity index (χ1) is 9.08. The number of aliphatic carboxylic acids is 1. The molecule has 6 heteroatoms. The molecule has 0 saturated carbocycles. The molecule has 0 bridgehead atoms. The number of rotatable bonds is 4. The smallest absolute Gasteiger partial charge is 0.326 e. The number of carboxylic acids is 1. The van der Waals surface area contributed by atoms with E-state index in [0.29, 0.717) is 5.69 Å². The lowest BCUT2D eigenvalue weighted by Gasteiger charge is -2.06. The highest BCUT2D eigenvalue weighted by atomic mass is 16.4. The number of benzene rings is 1. The van der Waals surface area contributed by atoms with Gasteiger partial charge in [0.15, 0.2) is 0 Å². The van der Waals surface area contributed by atoms with Gasteiger partial charge in [-0.05, 0) is 19.1 Å². The molecule has 1 aromatic carbocycles. The van der Waals surface area contributed by atoms with Crippen molar-refractivity contribution in [2.24, 2.45) is 0 Å². The Kier molecular flexibility index (Phi) is 3.61. The number of imidazole rings is 1. The minimum Gasteiger partial charge on any atom is -0.480 e. The van der Waals surface area contributed by atoms with Crippen molar-refractivity contribution < 1.29 is 14.7 Å². The Morgan fingerprint density at radius 2 is 2.00 bits per heavy atom. The number of hydrogen-bond donors (Lipinski definition) is 2. The van der Waals surface area contributed by atoms with Crippen LogP contribution in [0.25, 0.3) is 0 Å². The second-order valence-electron chi connectivity index (χ2n) is 4.04. The van der Waals surface area contributed by atoms with Crippen molar-refractivity contribution in [3.05, 3.63) is 48.5 Å². The van der Waals surface area contributed by atoms with Crippen molar-refractivity contribution in [2.75, 3.05) is 5.32 Å². The van der Waals surface area contributed by atoms with Crippen molar-refractivity contribution in [2.45, 2.75) is 13.0 Å². The van der Waals surface area contributed by atoms with Crippen molar-refractivity contribution in [3.63, 3.8) is 0 Å². The van der Waals surface area contributed by atoms with Gasteiger partial charge in [0.05, 0.1) is 6.33 Å². The van der Waals surface area contributed by atoms with Gasteiger partial charge in [-0.2, -0.15) is 0 Å². The summed E-state index contributed by atoms with van der Waals surface area (Å²) in [6.45, 7) is 1.52. The number of para-hydroxylation sites is 1. The van der Waals surface area contributed by atoms with Crippen LogP contribution in [-0.4, -0.2) is 26.5 Å². The Bertz CT molecular complexity index is 592. The van der Waals surface area contributed by atoms with Crippen LogP contribution in [0.15, 0.2) is 42.9 Å². The molecule has 1 aromatic heterocycles. The van der Waals surface area contributed by atoms with Gasteiger partial charge in [-0.15, -0.1) is 0 Å². The van der Waals surface area contributed by atoms with E-state index >= 15 is 0 Å². The molecule has 1 heterocycles. The summed E-state index contributed by atoms with van der Waals surface area (Å²) in [7, 11) is 0. The lowest BCUT2D eigenvalue weighted by molar-refractivity contribution is -0.140. The van der Waals surface area contributed by atoms with Crippen LogP contribution < -0.4 is 5.32 Å². The molecule has 1 unspecified atom stereocenters. The minimum absolute atomic E-state index is 0.178. The third-order valence-electron chi connectivity index (χ3n) is 2.67. The average Bonchev–Trinajstić information content (AvgIpc) is 2.88. The fourth-order valence-corrected chi connectivity index (χ4v) is 1.51. The minimum atomic E-state index is -0.979. The number of nitrogens with zero attached hydrogens (tertiary/aromatic N) is 2. The highest BCUT2D eigenvalue weighted by Crippen LogP contribution is 2.10. The van der Waals surface area contributed by atoms with E-state index in [1.807, 2.05) is 6.07 Å². The maximum atomic E-state index is 11.9. The number of aromatic nitrogens is 2. The molecule has 0 aliphatic rings. The fraction of sp³-hybridized carbons (Fsp3) is 0.154. The van der Waals surface area contributed by atoms with Crippen molar-refractivity contribution in [1.29, 1.82) is 0 Å². The summed E-state index contributed by atoms with van der Waals surface area (Å²) in [6, 6.07) is 8.22. The third kappa shape index (κ3) is 2.98. The summed E-state index contributed by atoms with van der Waals surface area (Å²) >= 11 is 0. The molecule has 6 nitrogen and oxygen atoms in total. The fourth-order valence-electron chi connectivity index (χ4n) is 1.51. The molecular weight excluding hydrogens is 246 g/mol. The Hall–Kier alpha value is -2.63. The van der Waals surface area contributed by atoms with Crippen LogP contribution in [0.4, 0.5) is 5.69 Å². The molecule has 0 fully saturated rings. The first-order valence-corrected chi connectivity index (χ1v) is 5.70. The third-order valence-corrected chi connectivity index (χ3v) is 2.67. The highest BCUT2D eigenvalue weighted by Gasteiger charge is 2.16. The number of nitrogens with one attached hydrogen (secondary N) is 1. The lowest BCUT2D eigenvalue weighted by Crippen LogP contribution is -2.15. The van der Waals surface area contributed by atoms with Crippen LogP contribution in [0.3, 0.4) is 0 Å². The van der Waals surface area contributed by atoms with Crippen molar-refractivity contribution >= 4 is 17.6 Å². The number of amides is 1. The Labute approximate surface area is 109 Å². The van der Waals surface area contributed by atoms with E-state index in [-0.39, 0.29) is 11.6 Å². The summed E-state index contributed by atoms with van der Waals surface area (Å²) in [5.74, 6) is -1.35. The second-order valence-corrected chi connectivity index (χ2v) is 4.04. The topological polar surface area (TPSA) is 84.2 Å². The summed E-state index contributed by atoms with van der Waals surface area (Å²) in [5, 5.41) is 11.5. The molecule has 0 aliphatic carbocycles. The molecule has 0 aliphatic heterocycles. The van der Waals surface area contributed by atoms with E-state index in [1.165, 1.54) is 24.0 Å². The van der Waals surface area contributed by atoms with Gasteiger partial charge in [0.2, 0.25) is 0 Å². The Balaban J connectivity index is 2.10. The SMILES string of the molecule is CC(C(=O)O)n1cnc(C(=O)Nc2ccccc2)c1. The molecule has 2 rings (SSSR count). The van der Waals surface area contributed by atoms with Crippen molar-refractivity contribution in [1.82, 2.24) is 9.55 Å². The Morgan fingerprint density at radius 3 is 2.63 bits per heavy atom. The van der Waals surface area contributed by atoms with Crippen LogP contribution in [0, 0.1) is 0 Å². The standard InChI is InChI=1S/C13H13N3O3/c1-9(13(18)19)16-7-11(14-8-16)12(17)15-10-5-3-2-4-6-10/h2-9H,1H3,(H,15,17)(H,18,19). The normalized spacial score (nSPS) is 11.8. The van der Waals surface area contributed by atoms with Gasteiger partial charge in [-0.1, -0.05) is 18.2 Å². The van der Waals surface area contributed by atoms with Gasteiger partial charge in [0, 0.05) is 11.9 Å². The Morgan fingerprint density at radius 1 is 1.32 bits per heavy atom. The van der Waals surface area contributed by atoms with Crippen LogP contribution >= 0.6 is 0 Å². The summed E-state index contributed by atoms with van der Waals surface area (Å²) in [5.41, 5.74) is 0.838. The van der Waals surface area contributed by atoms with E-state index < -0.39 is 12.0 Å². The number of carbonyl (C=O) groups is 2. The quantitative estimate of drug-likeness (QED) is 0.876. The van der Waals surface area contributed by atoms with E-state index in [9.17, 15) is 9.59 Å². The summed E-state index contributed by atoms with van der Waals surface area (Å²) in [4.78, 5) is 26.6. The monoisotopic (exact) mass is 259 g/mol. The molecule has 2 aromatic rings. The predicted molar refractivity (Wildman–Crippen MR) is 69.0 cm³/mol. The largest absolute Gasteiger partial charge is 0.480 e. The zero-order valence-electron chi connectivity index (χ0n) is 10.3. The van der Waals surface area contributed by atoms with Gasteiger partial charge < -0.3 is 15.0 Å². The van der Waals surface area contributed by atoms with Gasteiger partial charge in [-0.25, -0.2) is 9.78 Å². The van der Waals surface area contributed by atoms with E-state index in [4.69, 9.17) is 5.11 Å². The van der Waals surface area contributed by atoms with E-state index in [2.05, 4.69) is 10.3 Å². The molecule has 19 heavy (non-hydrogen) atoms. The van der Waals surface area contributed by atoms with Gasteiger partial charge in [0.1, 0.15) is 11.7 Å². The number of carbonyl (C=O) groups excluding carboxylic acids is 1. The number of hydrogen-bond acceptors (Lipinski definition) is 3. The number of anilines is 1. The van der Waals surface area contributed by atoms with Crippen LogP contribution in [0.1, 0.15) is 23.5 Å². The summed E-state index contributed by atoms with van der Waals surface area (Å²) in [6.07, 6.45) is 2.75. The molecule has 1 amide bonds. The molecule has 1 atom stereocenters. The molecular formula is C13H13N3O3. The molecule has 98 valence electrons. The molecule has 0 saturated heterocycles. The predicted octanol–water partition coefficient (Wildman–Crippen LogP) is 1.78. The molecule has 0 radical (unpaired) electrons. The first kappa shape index (κ1) is 12.8. The summed E-state index contributed by atoms with van der Waals surface area (Å²) < 4.78 is 1.38. The maximum absolute atomic E-state index is 11.9. The second kappa shape index (κ2) is 5.34. The van der Waals surface area contributed by atoms with Gasteiger partial charge in [0.25, 0.3) is 5.91 Å². The van der Waals surface area contributed by atoms with Crippen LogP contribution in [-0.2, 0) is 4.79 Å². The van der Waals surface area contributed by atoms with Crippen molar-refractivity contribution in [3.8, 4) is 0 Å². The van der Waals surface area contributed by atoms with Gasteiger partial charge >= 0.3 is 5.97 Å². The molecule has 2 N–H and O–H groups in total. The highest BCUT2D eigenvalue weighted by molar-refractivity contribution is 6.02. The van der Waals surface area contributed by atoms with Crippen LogP contribution in [0.5, 0.6) is 0 Å². The lowest BCUT2D eigenvalue weighted by atomic mass is 10.3. The van der Waals surface area contributed by atoms with Gasteiger partial charge in [-0.3, -0.25) is 4.79 Å². The zero-order valence-corrected chi connectivity index (χ0v) is 10.3.